The second-order valence-electron chi connectivity index (χ2n) is 4.41. The van der Waals surface area contributed by atoms with E-state index in [1.165, 1.54) is 12.1 Å². The molecular weight excluding hydrogens is 403 g/mol. The van der Waals surface area contributed by atoms with Crippen molar-refractivity contribution in [2.45, 2.75) is 0 Å². The first-order valence-electron chi connectivity index (χ1n) is 6.03. The second kappa shape index (κ2) is 5.61. The fourth-order valence-corrected chi connectivity index (χ4v) is 3.01. The van der Waals surface area contributed by atoms with Crippen molar-refractivity contribution in [3.05, 3.63) is 57.2 Å². The molecule has 106 valence electrons. The molecule has 2 aromatic carbocycles. The third-order valence-corrected chi connectivity index (χ3v) is 4.16. The molecule has 0 saturated heterocycles. The van der Waals surface area contributed by atoms with E-state index in [4.69, 9.17) is 10.3 Å². The number of hydrogen-bond acceptors (Lipinski definition) is 3. The fourth-order valence-electron chi connectivity index (χ4n) is 2.08. The zero-order valence-electron chi connectivity index (χ0n) is 10.6. The van der Waals surface area contributed by atoms with E-state index in [1.807, 2.05) is 24.3 Å². The number of aromatic nitrogens is 1. The van der Waals surface area contributed by atoms with Gasteiger partial charge in [-0.3, -0.25) is 0 Å². The van der Waals surface area contributed by atoms with Crippen molar-refractivity contribution < 1.29 is 8.91 Å². The first kappa shape index (κ1) is 14.3. The van der Waals surface area contributed by atoms with Gasteiger partial charge in [0.15, 0.2) is 11.6 Å². The van der Waals surface area contributed by atoms with E-state index in [9.17, 15) is 4.39 Å². The molecule has 1 aromatic heterocycles. The smallest absolute Gasteiger partial charge is 0.178 e. The van der Waals surface area contributed by atoms with Crippen molar-refractivity contribution >= 4 is 37.7 Å². The maximum Gasteiger partial charge on any atom is 0.178 e. The van der Waals surface area contributed by atoms with E-state index in [2.05, 4.69) is 37.0 Å². The third kappa shape index (κ3) is 2.73. The summed E-state index contributed by atoms with van der Waals surface area (Å²) in [7, 11) is 0. The second-order valence-corrected chi connectivity index (χ2v) is 6.18. The Balaban J connectivity index is 2.22. The molecule has 3 rings (SSSR count). The molecule has 6 heteroatoms. The van der Waals surface area contributed by atoms with Crippen molar-refractivity contribution in [1.29, 1.82) is 0 Å². The maximum absolute atomic E-state index is 13.2. The van der Waals surface area contributed by atoms with Crippen molar-refractivity contribution in [2.75, 3.05) is 5.73 Å². The largest absolute Gasteiger partial charge is 0.380 e. The van der Waals surface area contributed by atoms with Crippen LogP contribution in [0.25, 0.3) is 22.5 Å². The minimum absolute atomic E-state index is 0.291. The fraction of sp³-hybridized carbons (Fsp3) is 0. The summed E-state index contributed by atoms with van der Waals surface area (Å²) in [4.78, 5) is 0. The predicted molar refractivity (Wildman–Crippen MR) is 87.1 cm³/mol. The van der Waals surface area contributed by atoms with Gasteiger partial charge in [-0.25, -0.2) is 4.39 Å². The van der Waals surface area contributed by atoms with E-state index in [1.54, 1.807) is 6.07 Å². The molecule has 0 spiro atoms. The highest BCUT2D eigenvalue weighted by molar-refractivity contribution is 9.10. The molecule has 0 radical (unpaired) electrons. The lowest BCUT2D eigenvalue weighted by molar-refractivity contribution is 0.436. The van der Waals surface area contributed by atoms with Gasteiger partial charge in [-0.15, -0.1) is 0 Å². The Labute approximate surface area is 137 Å². The maximum atomic E-state index is 13.2. The van der Waals surface area contributed by atoms with E-state index in [0.717, 1.165) is 10.0 Å². The summed E-state index contributed by atoms with van der Waals surface area (Å²) < 4.78 is 20.1. The number of halogens is 3. The Morgan fingerprint density at radius 1 is 1.10 bits per heavy atom. The average Bonchev–Trinajstić information content (AvgIpc) is 2.80. The van der Waals surface area contributed by atoms with E-state index in [-0.39, 0.29) is 5.82 Å². The van der Waals surface area contributed by atoms with E-state index in [0.29, 0.717) is 27.2 Å². The molecular formula is C15H9Br2FN2O. The van der Waals surface area contributed by atoms with Crippen molar-refractivity contribution in [2.24, 2.45) is 0 Å². The van der Waals surface area contributed by atoms with Crippen molar-refractivity contribution in [3.63, 3.8) is 0 Å². The van der Waals surface area contributed by atoms with Crippen LogP contribution < -0.4 is 5.73 Å². The quantitative estimate of drug-likeness (QED) is 0.626. The molecule has 0 aliphatic rings. The topological polar surface area (TPSA) is 52.0 Å². The molecule has 0 saturated carbocycles. The Bertz CT molecular complexity index is 817. The van der Waals surface area contributed by atoms with Gasteiger partial charge in [0.2, 0.25) is 0 Å². The number of nitrogens with two attached hydrogens (primary N) is 1. The minimum Gasteiger partial charge on any atom is -0.380 e. The van der Waals surface area contributed by atoms with Gasteiger partial charge in [0.1, 0.15) is 5.82 Å². The Hall–Kier alpha value is -1.66. The molecule has 2 N–H and O–H groups in total. The van der Waals surface area contributed by atoms with Crippen LogP contribution in [0.5, 0.6) is 0 Å². The molecule has 1 heterocycles. The molecule has 0 amide bonds. The van der Waals surface area contributed by atoms with Gasteiger partial charge in [-0.1, -0.05) is 33.2 Å². The number of benzene rings is 2. The number of nitrogens with zero attached hydrogens (tertiary/aromatic N) is 1. The van der Waals surface area contributed by atoms with E-state index < -0.39 is 0 Å². The zero-order chi connectivity index (χ0) is 15.0. The van der Waals surface area contributed by atoms with Gasteiger partial charge in [0, 0.05) is 14.5 Å². The number of nitrogen functional groups attached to an aromatic ring is 1. The van der Waals surface area contributed by atoms with Crippen LogP contribution in [0.1, 0.15) is 0 Å². The van der Waals surface area contributed by atoms with Crippen LogP contribution >= 0.6 is 31.9 Å². The Morgan fingerprint density at radius 2 is 1.90 bits per heavy atom. The van der Waals surface area contributed by atoms with Crippen LogP contribution in [0.15, 0.2) is 55.9 Å². The summed E-state index contributed by atoms with van der Waals surface area (Å²) in [6.45, 7) is 0. The van der Waals surface area contributed by atoms with Gasteiger partial charge >= 0.3 is 0 Å². The lowest BCUT2D eigenvalue weighted by Gasteiger charge is -2.05. The summed E-state index contributed by atoms with van der Waals surface area (Å²) >= 11 is 6.76. The number of anilines is 1. The number of rotatable bonds is 2. The summed E-state index contributed by atoms with van der Waals surface area (Å²) in [6, 6.07) is 12.0. The molecule has 0 aliphatic carbocycles. The van der Waals surface area contributed by atoms with Gasteiger partial charge in [0.25, 0.3) is 0 Å². The Morgan fingerprint density at radius 3 is 2.62 bits per heavy atom. The molecule has 0 unspecified atom stereocenters. The molecule has 0 fully saturated rings. The van der Waals surface area contributed by atoms with Gasteiger partial charge in [-0.05, 0) is 51.8 Å². The minimum atomic E-state index is -0.331. The molecule has 0 bridgehead atoms. The van der Waals surface area contributed by atoms with Crippen LogP contribution in [0, 0.1) is 5.82 Å². The van der Waals surface area contributed by atoms with Crippen LogP contribution in [-0.2, 0) is 0 Å². The van der Waals surface area contributed by atoms with Crippen LogP contribution in [-0.4, -0.2) is 5.16 Å². The lowest BCUT2D eigenvalue weighted by Crippen LogP contribution is -1.89. The predicted octanol–water partition coefficient (Wildman–Crippen LogP) is 5.25. The van der Waals surface area contributed by atoms with Gasteiger partial charge < -0.3 is 10.3 Å². The standard InChI is InChI=1S/C15H9Br2FN2O/c16-9-3-1-2-8(6-9)13-14(21-20-15(13)19)11-5-4-10(18)7-12(11)17/h1-7H,(H2,19,20). The van der Waals surface area contributed by atoms with Crippen LogP contribution in [0.4, 0.5) is 10.2 Å². The van der Waals surface area contributed by atoms with Gasteiger partial charge in [-0.2, -0.15) is 0 Å². The highest BCUT2D eigenvalue weighted by Gasteiger charge is 2.20. The molecule has 0 atom stereocenters. The summed E-state index contributed by atoms with van der Waals surface area (Å²) in [5.74, 6) is 0.457. The van der Waals surface area contributed by atoms with Crippen molar-refractivity contribution in [1.82, 2.24) is 5.16 Å². The van der Waals surface area contributed by atoms with Crippen LogP contribution in [0.3, 0.4) is 0 Å². The van der Waals surface area contributed by atoms with Crippen LogP contribution in [0.2, 0.25) is 0 Å². The molecule has 0 aliphatic heterocycles. The first-order valence-corrected chi connectivity index (χ1v) is 7.61. The summed E-state index contributed by atoms with van der Waals surface area (Å²) in [5.41, 5.74) is 8.18. The molecule has 3 nitrogen and oxygen atoms in total. The first-order chi connectivity index (χ1) is 10.1. The van der Waals surface area contributed by atoms with E-state index >= 15 is 0 Å². The lowest BCUT2D eigenvalue weighted by atomic mass is 10.0. The zero-order valence-corrected chi connectivity index (χ0v) is 13.8. The Kier molecular flexibility index (Phi) is 3.82. The highest BCUT2D eigenvalue weighted by atomic mass is 79.9. The summed E-state index contributed by atoms with van der Waals surface area (Å²) in [6.07, 6.45) is 0. The van der Waals surface area contributed by atoms with Gasteiger partial charge in [0.05, 0.1) is 5.56 Å². The van der Waals surface area contributed by atoms with Crippen molar-refractivity contribution in [3.8, 4) is 22.5 Å². The normalized spacial score (nSPS) is 10.8. The third-order valence-electron chi connectivity index (χ3n) is 3.01. The average molecular weight is 412 g/mol. The monoisotopic (exact) mass is 410 g/mol. The highest BCUT2D eigenvalue weighted by Crippen LogP contribution is 2.40. The number of hydrogen-bond donors (Lipinski definition) is 1. The molecule has 21 heavy (non-hydrogen) atoms. The summed E-state index contributed by atoms with van der Waals surface area (Å²) in [5, 5.41) is 3.84. The SMILES string of the molecule is Nc1noc(-c2ccc(F)cc2Br)c1-c1cccc(Br)c1. The molecule has 3 aromatic rings.